The van der Waals surface area contributed by atoms with Crippen LogP contribution >= 0.6 is 0 Å². The molecule has 0 saturated carbocycles. The summed E-state index contributed by atoms with van der Waals surface area (Å²) in [5.41, 5.74) is 0. The number of hydrogen-bond acceptors (Lipinski definition) is 7. The van der Waals surface area contributed by atoms with Crippen LogP contribution in [-0.4, -0.2) is 75.5 Å². The number of nitrogens with zero attached hydrogens (tertiary/aromatic N) is 1. The molecular weight excluding hydrogens is 811 g/mol. The number of esters is 2. The zero-order valence-electron chi connectivity index (χ0n) is 42.4. The molecule has 2 unspecified atom stereocenters. The summed E-state index contributed by atoms with van der Waals surface area (Å²) in [5.74, 6) is -1.76. The molecule has 0 fully saturated rings. The van der Waals surface area contributed by atoms with E-state index in [9.17, 15) is 19.5 Å². The number of hydrogen-bond donors (Lipinski definition) is 0. The van der Waals surface area contributed by atoms with Crippen molar-refractivity contribution in [1.29, 1.82) is 0 Å². The smallest absolute Gasteiger partial charge is 0.306 e. The topological polar surface area (TPSA) is 102 Å². The lowest BCUT2D eigenvalue weighted by atomic mass is 10.1. The van der Waals surface area contributed by atoms with Gasteiger partial charge in [0.2, 0.25) is 0 Å². The molecule has 372 valence electrons. The number of carboxylic acid groups (broad SMARTS) is 1. The number of unbranched alkanes of at least 4 members (excludes halogenated alkanes) is 18. The summed E-state index contributed by atoms with van der Waals surface area (Å²) in [5, 5.41) is 11.7. The Morgan fingerprint density at radius 1 is 0.477 bits per heavy atom. The van der Waals surface area contributed by atoms with E-state index in [1.165, 1.54) is 77.0 Å². The Hall–Kier alpha value is -3.49. The molecule has 0 N–H and O–H groups in total. The van der Waals surface area contributed by atoms with Crippen molar-refractivity contribution in [3.05, 3.63) is 85.1 Å². The van der Waals surface area contributed by atoms with Crippen molar-refractivity contribution < 1.29 is 38.2 Å². The third-order valence-corrected chi connectivity index (χ3v) is 11.3. The molecule has 0 saturated heterocycles. The lowest BCUT2D eigenvalue weighted by Crippen LogP contribution is -2.55. The first-order chi connectivity index (χ1) is 31.6. The number of carboxylic acids is 1. The van der Waals surface area contributed by atoms with Crippen LogP contribution in [0.1, 0.15) is 206 Å². The number of aliphatic carboxylic acids is 1. The second-order valence-corrected chi connectivity index (χ2v) is 18.4. The Bertz CT molecular complexity index is 1330. The van der Waals surface area contributed by atoms with E-state index in [1.54, 1.807) is 21.1 Å². The van der Waals surface area contributed by atoms with Crippen LogP contribution in [0.4, 0.5) is 0 Å². The molecule has 0 aliphatic heterocycles. The van der Waals surface area contributed by atoms with Crippen LogP contribution in [0.2, 0.25) is 0 Å². The molecule has 8 heteroatoms. The largest absolute Gasteiger partial charge is 0.544 e. The molecule has 65 heavy (non-hydrogen) atoms. The minimum atomic E-state index is -1.13. The van der Waals surface area contributed by atoms with Crippen molar-refractivity contribution >= 4 is 17.9 Å². The van der Waals surface area contributed by atoms with Crippen LogP contribution in [0.25, 0.3) is 0 Å². The van der Waals surface area contributed by atoms with Gasteiger partial charge >= 0.3 is 11.9 Å². The SMILES string of the molecule is CC/C=C/C/C=C/C/C=C/C/C=C/CCCCCCCCC(=O)OCC(COCCC(C(=O)[O-])[N+](C)(C)C)OC(=O)CCCCCCCCCCC/C=C/C/C=C/C/C=C/CCCCC. The minimum absolute atomic E-state index is 0.0296. The van der Waals surface area contributed by atoms with Gasteiger partial charge < -0.3 is 28.6 Å². The van der Waals surface area contributed by atoms with Crippen LogP contribution in [0, 0.1) is 0 Å². The van der Waals surface area contributed by atoms with E-state index in [0.29, 0.717) is 12.8 Å². The molecule has 0 amide bonds. The quantitative estimate of drug-likeness (QED) is 0.0259. The highest BCUT2D eigenvalue weighted by Crippen LogP contribution is 2.14. The highest BCUT2D eigenvalue weighted by atomic mass is 16.6. The van der Waals surface area contributed by atoms with E-state index < -0.39 is 18.1 Å². The fraction of sp³-hybridized carbons (Fsp3) is 0.702. The summed E-state index contributed by atoms with van der Waals surface area (Å²) in [4.78, 5) is 37.1. The molecule has 0 radical (unpaired) electrons. The van der Waals surface area contributed by atoms with Gasteiger partial charge in [-0.05, 0) is 89.9 Å². The average molecular weight is 908 g/mol. The normalized spacial score (nSPS) is 13.6. The first-order valence-corrected chi connectivity index (χ1v) is 26.1. The summed E-state index contributed by atoms with van der Waals surface area (Å²) >= 11 is 0. The van der Waals surface area contributed by atoms with Crippen molar-refractivity contribution in [2.24, 2.45) is 0 Å². The molecule has 8 nitrogen and oxygen atoms in total. The second-order valence-electron chi connectivity index (χ2n) is 18.4. The zero-order chi connectivity index (χ0) is 47.7. The van der Waals surface area contributed by atoms with E-state index in [2.05, 4.69) is 98.9 Å². The monoisotopic (exact) mass is 908 g/mol. The third kappa shape index (κ3) is 45.5. The van der Waals surface area contributed by atoms with Gasteiger partial charge in [0.05, 0.1) is 40.3 Å². The van der Waals surface area contributed by atoms with Gasteiger partial charge in [-0.15, -0.1) is 0 Å². The molecule has 0 aromatic heterocycles. The van der Waals surface area contributed by atoms with E-state index in [1.807, 2.05) is 0 Å². The molecular formula is C57H97NO7. The zero-order valence-corrected chi connectivity index (χ0v) is 42.4. The maximum atomic E-state index is 12.8. The average Bonchev–Trinajstić information content (AvgIpc) is 3.27. The lowest BCUT2D eigenvalue weighted by Gasteiger charge is -2.34. The second kappa shape index (κ2) is 47.0. The molecule has 0 aliphatic rings. The van der Waals surface area contributed by atoms with Crippen molar-refractivity contribution in [3.8, 4) is 0 Å². The summed E-state index contributed by atoms with van der Waals surface area (Å²) in [6, 6.07) is -0.734. The summed E-state index contributed by atoms with van der Waals surface area (Å²) in [6.07, 6.45) is 61.8. The highest BCUT2D eigenvalue weighted by molar-refractivity contribution is 5.70. The summed E-state index contributed by atoms with van der Waals surface area (Å²) in [7, 11) is 5.40. The van der Waals surface area contributed by atoms with Gasteiger partial charge in [0.25, 0.3) is 0 Å². The Morgan fingerprint density at radius 2 is 0.862 bits per heavy atom. The van der Waals surface area contributed by atoms with Crippen LogP contribution < -0.4 is 5.11 Å². The predicted octanol–water partition coefficient (Wildman–Crippen LogP) is 13.9. The Kier molecular flexibility index (Phi) is 44.5. The van der Waals surface area contributed by atoms with Crippen molar-refractivity contribution in [1.82, 2.24) is 0 Å². The number of quaternary nitrogens is 1. The first-order valence-electron chi connectivity index (χ1n) is 26.1. The molecule has 0 bridgehead atoms. The van der Waals surface area contributed by atoms with Gasteiger partial charge in [-0.3, -0.25) is 9.59 Å². The highest BCUT2D eigenvalue weighted by Gasteiger charge is 2.25. The van der Waals surface area contributed by atoms with Gasteiger partial charge in [0.1, 0.15) is 12.6 Å². The minimum Gasteiger partial charge on any atom is -0.544 e. The van der Waals surface area contributed by atoms with Crippen LogP contribution in [0.15, 0.2) is 85.1 Å². The summed E-state index contributed by atoms with van der Waals surface area (Å²) < 4.78 is 17.2. The van der Waals surface area contributed by atoms with Gasteiger partial charge in [0.15, 0.2) is 6.10 Å². The summed E-state index contributed by atoms with van der Waals surface area (Å²) in [6.45, 7) is 4.51. The standard InChI is InChI=1S/C57H97NO7/c1-6-8-10-12-14-16-18-20-22-24-26-27-28-30-32-34-36-38-40-42-44-46-48-56(60)65-53(51-63-50-49-54(57(61)62)58(3,4)5)52-64-55(59)47-45-43-41-39-37-35-33-31-29-25-23-21-19-17-15-13-11-9-7-2/h9,11,14-17,20-23,26-27,29,31,53-54H,6-8,10,12-13,18-19,24-25,28,30,32-52H2,1-5H3/b11-9+,16-14+,17-15+,22-20+,23-21+,27-26+,31-29+. The van der Waals surface area contributed by atoms with Crippen LogP contribution in [0.5, 0.6) is 0 Å². The van der Waals surface area contributed by atoms with Gasteiger partial charge in [-0.1, -0.05) is 182 Å². The molecule has 0 aromatic carbocycles. The van der Waals surface area contributed by atoms with E-state index in [-0.39, 0.29) is 42.7 Å². The van der Waals surface area contributed by atoms with Crippen molar-refractivity contribution in [2.45, 2.75) is 219 Å². The predicted molar refractivity (Wildman–Crippen MR) is 272 cm³/mol. The third-order valence-electron chi connectivity index (χ3n) is 11.3. The number of rotatable bonds is 46. The van der Waals surface area contributed by atoms with Crippen LogP contribution in [0.3, 0.4) is 0 Å². The maximum absolute atomic E-state index is 12.8. The van der Waals surface area contributed by atoms with Crippen LogP contribution in [-0.2, 0) is 28.6 Å². The molecule has 0 rings (SSSR count). The fourth-order valence-corrected chi connectivity index (χ4v) is 7.25. The number of ether oxygens (including phenoxy) is 3. The molecule has 2 atom stereocenters. The fourth-order valence-electron chi connectivity index (χ4n) is 7.25. The molecule has 0 heterocycles. The Balaban J connectivity index is 4.29. The van der Waals surface area contributed by atoms with E-state index in [4.69, 9.17) is 14.2 Å². The van der Waals surface area contributed by atoms with E-state index in [0.717, 1.165) is 96.3 Å². The van der Waals surface area contributed by atoms with E-state index >= 15 is 0 Å². The van der Waals surface area contributed by atoms with Gasteiger partial charge in [-0.2, -0.15) is 0 Å². The molecule has 0 aromatic rings. The number of likely N-dealkylation sites (N-methyl/N-ethyl adjacent to an activating group) is 1. The number of carbonyl (C=O) groups is 3. The van der Waals surface area contributed by atoms with Gasteiger partial charge in [-0.25, -0.2) is 0 Å². The Labute approximate surface area is 399 Å². The number of carbonyl (C=O) groups excluding carboxylic acids is 3. The first kappa shape index (κ1) is 61.5. The van der Waals surface area contributed by atoms with Crippen molar-refractivity contribution in [3.63, 3.8) is 0 Å². The van der Waals surface area contributed by atoms with Gasteiger partial charge in [0, 0.05) is 19.3 Å². The lowest BCUT2D eigenvalue weighted by molar-refractivity contribution is -0.889. The number of allylic oxidation sites excluding steroid dienone is 14. The van der Waals surface area contributed by atoms with Crippen molar-refractivity contribution in [2.75, 3.05) is 41.0 Å². The molecule has 0 aliphatic carbocycles. The maximum Gasteiger partial charge on any atom is 0.306 e. The Morgan fingerprint density at radius 3 is 1.28 bits per heavy atom. The molecule has 0 spiro atoms.